The summed E-state index contributed by atoms with van der Waals surface area (Å²) in [4.78, 5) is 20.5. The van der Waals surface area contributed by atoms with E-state index < -0.39 is 5.63 Å². The number of ether oxygens (including phenoxy) is 2. The fourth-order valence-electron chi connectivity index (χ4n) is 3.36. The van der Waals surface area contributed by atoms with Crippen LogP contribution in [-0.4, -0.2) is 29.3 Å². The van der Waals surface area contributed by atoms with E-state index in [1.54, 1.807) is 51.5 Å². The predicted molar refractivity (Wildman–Crippen MR) is 113 cm³/mol. The summed E-state index contributed by atoms with van der Waals surface area (Å²) in [5.74, 6) is 1.02. The average Bonchev–Trinajstić information content (AvgIpc) is 2.72. The van der Waals surface area contributed by atoms with Crippen molar-refractivity contribution in [3.8, 4) is 39.8 Å². The predicted octanol–water partition coefficient (Wildman–Crippen LogP) is 3.53. The summed E-state index contributed by atoms with van der Waals surface area (Å²) in [7, 11) is 3.09. The molecule has 0 aliphatic rings. The molecule has 3 N–H and O–H groups in total. The number of nitrogens with zero attached hydrogens (tertiary/aromatic N) is 2. The summed E-state index contributed by atoms with van der Waals surface area (Å²) >= 11 is 0. The number of hydrogen-bond acceptors (Lipinski definition) is 8. The molecule has 4 aromatic rings. The number of aryl methyl sites for hydroxylation is 1. The van der Waals surface area contributed by atoms with Crippen LogP contribution < -0.4 is 20.8 Å². The minimum Gasteiger partial charge on any atom is -0.507 e. The van der Waals surface area contributed by atoms with Gasteiger partial charge in [-0.2, -0.15) is 0 Å². The molecule has 2 aromatic heterocycles. The molecule has 0 bridgehead atoms. The Morgan fingerprint density at radius 2 is 1.70 bits per heavy atom. The molecule has 0 saturated heterocycles. The molecule has 8 heteroatoms. The van der Waals surface area contributed by atoms with Gasteiger partial charge in [-0.15, -0.1) is 0 Å². The second kappa shape index (κ2) is 7.40. The highest BCUT2D eigenvalue weighted by Crippen LogP contribution is 2.38. The van der Waals surface area contributed by atoms with Crippen molar-refractivity contribution >= 4 is 16.9 Å². The van der Waals surface area contributed by atoms with Crippen LogP contribution in [0, 0.1) is 6.92 Å². The molecule has 2 heterocycles. The van der Waals surface area contributed by atoms with E-state index in [4.69, 9.17) is 19.6 Å². The normalized spacial score (nSPS) is 10.9. The quantitative estimate of drug-likeness (QED) is 0.495. The van der Waals surface area contributed by atoms with Gasteiger partial charge in [-0.25, -0.2) is 14.8 Å². The van der Waals surface area contributed by atoms with Gasteiger partial charge in [0.1, 0.15) is 5.75 Å². The third-order valence-corrected chi connectivity index (χ3v) is 4.78. The van der Waals surface area contributed by atoms with Crippen molar-refractivity contribution in [3.63, 3.8) is 0 Å². The first-order valence-corrected chi connectivity index (χ1v) is 9.05. The standard InChI is InChI=1S/C22H19N3O5/c1-11-8-19(27)30-21-13(11)5-6-16(26)20(21)15-10-14(24-22(23)25-15)12-4-7-17(28-2)18(9-12)29-3/h4-10,26H,1-3H3,(H2,23,24,25). The molecule has 0 aliphatic heterocycles. The summed E-state index contributed by atoms with van der Waals surface area (Å²) in [5, 5.41) is 11.2. The lowest BCUT2D eigenvalue weighted by Gasteiger charge is -2.12. The van der Waals surface area contributed by atoms with E-state index >= 15 is 0 Å². The second-order valence-electron chi connectivity index (χ2n) is 6.65. The molecule has 152 valence electrons. The third-order valence-electron chi connectivity index (χ3n) is 4.78. The summed E-state index contributed by atoms with van der Waals surface area (Å²) in [6.45, 7) is 1.80. The van der Waals surface area contributed by atoms with Gasteiger partial charge in [0.15, 0.2) is 17.1 Å². The maximum atomic E-state index is 12.0. The van der Waals surface area contributed by atoms with Crippen molar-refractivity contribution < 1.29 is 19.0 Å². The van der Waals surface area contributed by atoms with Crippen molar-refractivity contribution in [2.45, 2.75) is 6.92 Å². The van der Waals surface area contributed by atoms with Crippen molar-refractivity contribution in [2.24, 2.45) is 0 Å². The zero-order valence-electron chi connectivity index (χ0n) is 16.6. The smallest absolute Gasteiger partial charge is 0.336 e. The number of benzene rings is 2. The monoisotopic (exact) mass is 405 g/mol. The highest BCUT2D eigenvalue weighted by atomic mass is 16.5. The van der Waals surface area contributed by atoms with Crippen molar-refractivity contribution in [3.05, 3.63) is 58.4 Å². The van der Waals surface area contributed by atoms with E-state index in [0.717, 1.165) is 5.56 Å². The van der Waals surface area contributed by atoms with Crippen LogP contribution in [0.5, 0.6) is 17.2 Å². The molecule has 0 fully saturated rings. The molecule has 0 saturated carbocycles. The van der Waals surface area contributed by atoms with Gasteiger partial charge >= 0.3 is 5.63 Å². The Bertz CT molecular complexity index is 1330. The van der Waals surface area contributed by atoms with Crippen LogP contribution in [-0.2, 0) is 0 Å². The Morgan fingerprint density at radius 1 is 0.967 bits per heavy atom. The summed E-state index contributed by atoms with van der Waals surface area (Å²) in [5.41, 5.74) is 8.21. The molecule has 0 spiro atoms. The van der Waals surface area contributed by atoms with Crippen LogP contribution in [0.15, 0.2) is 51.7 Å². The summed E-state index contributed by atoms with van der Waals surface area (Å²) in [6, 6.07) is 11.6. The fraction of sp³-hybridized carbons (Fsp3) is 0.136. The number of methoxy groups -OCH3 is 2. The maximum absolute atomic E-state index is 12.0. The van der Waals surface area contributed by atoms with Gasteiger partial charge in [0.25, 0.3) is 0 Å². The maximum Gasteiger partial charge on any atom is 0.336 e. The SMILES string of the molecule is COc1ccc(-c2cc(-c3c(O)ccc4c(C)cc(=O)oc34)nc(N)n2)cc1OC. The molecule has 0 amide bonds. The van der Waals surface area contributed by atoms with Gasteiger partial charge in [-0.05, 0) is 48.9 Å². The Balaban J connectivity index is 1.96. The van der Waals surface area contributed by atoms with Gasteiger partial charge < -0.3 is 24.7 Å². The third kappa shape index (κ3) is 3.28. The lowest BCUT2D eigenvalue weighted by atomic mass is 10.0. The highest BCUT2D eigenvalue weighted by molar-refractivity contribution is 5.96. The molecule has 8 nitrogen and oxygen atoms in total. The Kier molecular flexibility index (Phi) is 4.75. The van der Waals surface area contributed by atoms with Crippen LogP contribution in [0.25, 0.3) is 33.5 Å². The first kappa shape index (κ1) is 19.3. The van der Waals surface area contributed by atoms with Gasteiger partial charge in [0.2, 0.25) is 5.95 Å². The molecule has 0 radical (unpaired) electrons. The highest BCUT2D eigenvalue weighted by Gasteiger charge is 2.18. The van der Waals surface area contributed by atoms with Gasteiger partial charge in [0, 0.05) is 17.0 Å². The Hall–Kier alpha value is -4.07. The van der Waals surface area contributed by atoms with Crippen LogP contribution in [0.1, 0.15) is 5.56 Å². The number of hydrogen-bond donors (Lipinski definition) is 2. The number of phenols is 1. The van der Waals surface area contributed by atoms with Crippen LogP contribution in [0.2, 0.25) is 0 Å². The van der Waals surface area contributed by atoms with E-state index in [2.05, 4.69) is 9.97 Å². The first-order chi connectivity index (χ1) is 14.4. The van der Waals surface area contributed by atoms with E-state index in [1.807, 2.05) is 0 Å². The second-order valence-corrected chi connectivity index (χ2v) is 6.65. The number of nitrogens with two attached hydrogens (primary N) is 1. The van der Waals surface area contributed by atoms with Crippen LogP contribution in [0.4, 0.5) is 5.95 Å². The minimum absolute atomic E-state index is 0.00341. The van der Waals surface area contributed by atoms with Crippen molar-refractivity contribution in [2.75, 3.05) is 20.0 Å². The first-order valence-electron chi connectivity index (χ1n) is 9.05. The number of aromatic hydroxyl groups is 1. The molecule has 4 rings (SSSR count). The fourth-order valence-corrected chi connectivity index (χ4v) is 3.36. The van der Waals surface area contributed by atoms with Crippen LogP contribution in [0.3, 0.4) is 0 Å². The van der Waals surface area contributed by atoms with Gasteiger partial charge in [-0.3, -0.25) is 0 Å². The molecule has 2 aromatic carbocycles. The lowest BCUT2D eigenvalue weighted by molar-refractivity contribution is 0.355. The number of phenolic OH excluding ortho intramolecular Hbond substituents is 1. The number of anilines is 1. The Morgan fingerprint density at radius 3 is 2.43 bits per heavy atom. The molecule has 0 unspecified atom stereocenters. The van der Waals surface area contributed by atoms with Gasteiger partial charge in [0.05, 0.1) is 31.2 Å². The summed E-state index contributed by atoms with van der Waals surface area (Å²) in [6.07, 6.45) is 0. The number of fused-ring (bicyclic) bond motifs is 1. The van der Waals surface area contributed by atoms with Crippen molar-refractivity contribution in [1.29, 1.82) is 0 Å². The lowest BCUT2D eigenvalue weighted by Crippen LogP contribution is -2.02. The largest absolute Gasteiger partial charge is 0.507 e. The zero-order chi connectivity index (χ0) is 21.4. The molecular weight excluding hydrogens is 386 g/mol. The van der Waals surface area contributed by atoms with E-state index in [0.29, 0.717) is 33.8 Å². The molecular formula is C22H19N3O5. The number of nitrogen functional groups attached to an aromatic ring is 1. The zero-order valence-corrected chi connectivity index (χ0v) is 16.6. The summed E-state index contributed by atoms with van der Waals surface area (Å²) < 4.78 is 16.0. The number of aromatic nitrogens is 2. The van der Waals surface area contributed by atoms with E-state index in [9.17, 15) is 9.90 Å². The minimum atomic E-state index is -0.519. The Labute approximate surface area is 171 Å². The molecule has 0 atom stereocenters. The van der Waals surface area contributed by atoms with Gasteiger partial charge in [-0.1, -0.05) is 0 Å². The van der Waals surface area contributed by atoms with Crippen molar-refractivity contribution in [1.82, 2.24) is 9.97 Å². The molecule has 0 aliphatic carbocycles. The van der Waals surface area contributed by atoms with Crippen LogP contribution >= 0.6 is 0 Å². The number of rotatable bonds is 4. The topological polar surface area (TPSA) is 121 Å². The van der Waals surface area contributed by atoms with E-state index in [-0.39, 0.29) is 22.8 Å². The average molecular weight is 405 g/mol. The molecule has 30 heavy (non-hydrogen) atoms. The van der Waals surface area contributed by atoms with E-state index in [1.165, 1.54) is 12.1 Å².